The number of fused-ring (bicyclic) bond motifs is 1. The zero-order valence-electron chi connectivity index (χ0n) is 15.3. The molecule has 0 atom stereocenters. The van der Waals surface area contributed by atoms with Crippen molar-refractivity contribution in [3.63, 3.8) is 0 Å². The third kappa shape index (κ3) is 2.73. The van der Waals surface area contributed by atoms with Gasteiger partial charge in [0.1, 0.15) is 0 Å². The Morgan fingerprint density at radius 2 is 2.00 bits per heavy atom. The van der Waals surface area contributed by atoms with Gasteiger partial charge in [0.2, 0.25) is 0 Å². The van der Waals surface area contributed by atoms with Crippen LogP contribution in [-0.2, 0) is 7.05 Å². The lowest BCUT2D eigenvalue weighted by atomic mass is 10.0. The summed E-state index contributed by atoms with van der Waals surface area (Å²) in [5.74, 6) is 0. The third-order valence-corrected chi connectivity index (χ3v) is 5.23. The van der Waals surface area contributed by atoms with Gasteiger partial charge in [-0.1, -0.05) is 11.6 Å². The molecule has 4 aromatic rings. The van der Waals surface area contributed by atoms with E-state index < -0.39 is 0 Å². The average molecular weight is 390 g/mol. The lowest BCUT2D eigenvalue weighted by Gasteiger charge is -2.07. The number of halogens is 1. The molecule has 0 bridgehead atoms. The molecule has 2 N–H and O–H groups in total. The molecule has 138 valence electrons. The second-order valence-electron chi connectivity index (χ2n) is 6.60. The molecule has 0 aliphatic carbocycles. The van der Waals surface area contributed by atoms with Crippen LogP contribution in [0.25, 0.3) is 32.6 Å². The number of benzene rings is 1. The van der Waals surface area contributed by atoms with E-state index in [1.165, 1.54) is 10.8 Å². The van der Waals surface area contributed by atoms with E-state index in [1.807, 2.05) is 35.9 Å². The van der Waals surface area contributed by atoms with Crippen LogP contribution >= 0.6 is 11.6 Å². The van der Waals surface area contributed by atoms with Crippen molar-refractivity contribution in [2.24, 2.45) is 7.05 Å². The Kier molecular flexibility index (Phi) is 4.17. The van der Waals surface area contributed by atoms with Crippen LogP contribution in [0.2, 0.25) is 5.02 Å². The van der Waals surface area contributed by atoms with E-state index >= 15 is 0 Å². The molecular formula is C21H16ClN5O. The molecule has 0 unspecified atom stereocenters. The van der Waals surface area contributed by atoms with Crippen LogP contribution < -0.4 is 11.3 Å². The van der Waals surface area contributed by atoms with Crippen molar-refractivity contribution in [3.8, 4) is 16.8 Å². The molecule has 7 heteroatoms. The predicted octanol–water partition coefficient (Wildman–Crippen LogP) is 4.49. The first kappa shape index (κ1) is 17.8. The third-order valence-electron chi connectivity index (χ3n) is 4.81. The summed E-state index contributed by atoms with van der Waals surface area (Å²) in [5.41, 5.74) is 10.7. The molecule has 0 aliphatic rings. The van der Waals surface area contributed by atoms with Gasteiger partial charge < -0.3 is 14.9 Å². The zero-order valence-corrected chi connectivity index (χ0v) is 16.0. The summed E-state index contributed by atoms with van der Waals surface area (Å²) in [7, 11) is 1.70. The van der Waals surface area contributed by atoms with Gasteiger partial charge in [-0.3, -0.25) is 9.78 Å². The normalized spacial score (nSPS) is 10.9. The molecule has 3 heterocycles. The van der Waals surface area contributed by atoms with Crippen LogP contribution in [0.1, 0.15) is 5.56 Å². The van der Waals surface area contributed by atoms with Crippen molar-refractivity contribution in [2.45, 2.75) is 6.92 Å². The van der Waals surface area contributed by atoms with Crippen LogP contribution in [0.4, 0.5) is 11.4 Å². The van der Waals surface area contributed by atoms with Gasteiger partial charge in [0, 0.05) is 42.8 Å². The summed E-state index contributed by atoms with van der Waals surface area (Å²) >= 11 is 6.45. The maximum atomic E-state index is 12.2. The molecule has 0 fully saturated rings. The summed E-state index contributed by atoms with van der Waals surface area (Å²) in [5, 5.41) is 1.24. The molecule has 0 saturated carbocycles. The maximum absolute atomic E-state index is 12.2. The standard InChI is InChI=1S/C21H16ClN5O/c1-12-6-19-14(8-18(12)24-2)16(15-9-25-10-17(23)21(15)22)11-27(19)13-4-5-26(3)20(28)7-13/h4-11H,23H2,1,3H3. The highest BCUT2D eigenvalue weighted by Gasteiger charge is 2.17. The van der Waals surface area contributed by atoms with E-state index in [4.69, 9.17) is 23.9 Å². The zero-order chi connectivity index (χ0) is 20.0. The summed E-state index contributed by atoms with van der Waals surface area (Å²) in [6.07, 6.45) is 6.77. The molecule has 0 amide bonds. The van der Waals surface area contributed by atoms with E-state index in [-0.39, 0.29) is 5.56 Å². The topological polar surface area (TPSA) is 70.2 Å². The Balaban J connectivity index is 2.11. The lowest BCUT2D eigenvalue weighted by molar-refractivity contribution is 0.853. The molecule has 6 nitrogen and oxygen atoms in total. The largest absolute Gasteiger partial charge is 0.396 e. The Bertz CT molecular complexity index is 1340. The Morgan fingerprint density at radius 1 is 1.21 bits per heavy atom. The smallest absolute Gasteiger partial charge is 0.252 e. The summed E-state index contributed by atoms with van der Waals surface area (Å²) in [6, 6.07) is 7.21. The van der Waals surface area contributed by atoms with Crippen LogP contribution in [0, 0.1) is 13.5 Å². The van der Waals surface area contributed by atoms with Crippen molar-refractivity contribution in [1.29, 1.82) is 0 Å². The van der Waals surface area contributed by atoms with Gasteiger partial charge >= 0.3 is 0 Å². The molecule has 28 heavy (non-hydrogen) atoms. The van der Waals surface area contributed by atoms with Crippen molar-refractivity contribution < 1.29 is 0 Å². The number of aromatic nitrogens is 3. The highest BCUT2D eigenvalue weighted by molar-refractivity contribution is 6.36. The number of rotatable bonds is 2. The molecule has 0 spiro atoms. The fourth-order valence-electron chi connectivity index (χ4n) is 3.25. The number of anilines is 1. The number of nitrogens with two attached hydrogens (primary N) is 1. The number of hydrogen-bond donors (Lipinski definition) is 1. The molecule has 3 aromatic heterocycles. The predicted molar refractivity (Wildman–Crippen MR) is 112 cm³/mol. The molecule has 4 rings (SSSR count). The first-order valence-corrected chi connectivity index (χ1v) is 8.88. The molecule has 0 aliphatic heterocycles. The van der Waals surface area contributed by atoms with Gasteiger partial charge in [-0.05, 0) is 36.1 Å². The monoisotopic (exact) mass is 389 g/mol. The van der Waals surface area contributed by atoms with Gasteiger partial charge in [0.15, 0.2) is 5.69 Å². The highest BCUT2D eigenvalue weighted by Crippen LogP contribution is 2.40. The minimum atomic E-state index is -0.112. The average Bonchev–Trinajstić information content (AvgIpc) is 3.03. The van der Waals surface area contributed by atoms with E-state index in [0.29, 0.717) is 22.0 Å². The first-order valence-electron chi connectivity index (χ1n) is 8.50. The van der Waals surface area contributed by atoms with Crippen LogP contribution in [0.15, 0.2) is 53.8 Å². The minimum Gasteiger partial charge on any atom is -0.396 e. The van der Waals surface area contributed by atoms with Gasteiger partial charge in [0.05, 0.1) is 34.7 Å². The molecule has 1 aromatic carbocycles. The number of aryl methyl sites for hydroxylation is 2. The number of nitrogens with zero attached hydrogens (tertiary/aromatic N) is 4. The number of hydrogen-bond acceptors (Lipinski definition) is 3. The van der Waals surface area contributed by atoms with Gasteiger partial charge in [-0.25, -0.2) is 4.85 Å². The maximum Gasteiger partial charge on any atom is 0.252 e. The first-order chi connectivity index (χ1) is 13.4. The van der Waals surface area contributed by atoms with Crippen LogP contribution in [0.3, 0.4) is 0 Å². The van der Waals surface area contributed by atoms with Crippen LogP contribution in [0.5, 0.6) is 0 Å². The van der Waals surface area contributed by atoms with E-state index in [2.05, 4.69) is 9.83 Å². The number of pyridine rings is 2. The van der Waals surface area contributed by atoms with Gasteiger partial charge in [-0.2, -0.15) is 0 Å². The Hall–Kier alpha value is -3.56. The fraction of sp³-hybridized carbons (Fsp3) is 0.0952. The summed E-state index contributed by atoms with van der Waals surface area (Å²) in [4.78, 5) is 19.9. The number of nitrogen functional groups attached to an aromatic ring is 1. The fourth-order valence-corrected chi connectivity index (χ4v) is 3.45. The van der Waals surface area contributed by atoms with E-state index in [0.717, 1.165) is 27.7 Å². The van der Waals surface area contributed by atoms with Crippen molar-refractivity contribution in [3.05, 3.63) is 81.4 Å². The van der Waals surface area contributed by atoms with Crippen LogP contribution in [-0.4, -0.2) is 14.1 Å². The van der Waals surface area contributed by atoms with Crippen molar-refractivity contribution in [1.82, 2.24) is 14.1 Å². The van der Waals surface area contributed by atoms with Gasteiger partial charge in [-0.15, -0.1) is 0 Å². The Labute approximate surface area is 166 Å². The van der Waals surface area contributed by atoms with E-state index in [9.17, 15) is 4.79 Å². The second-order valence-corrected chi connectivity index (χ2v) is 6.98. The molecule has 0 radical (unpaired) electrons. The van der Waals surface area contributed by atoms with Crippen molar-refractivity contribution in [2.75, 3.05) is 5.73 Å². The summed E-state index contributed by atoms with van der Waals surface area (Å²) in [6.45, 7) is 9.34. The molecular weight excluding hydrogens is 374 g/mol. The second kappa shape index (κ2) is 6.55. The van der Waals surface area contributed by atoms with Gasteiger partial charge in [0.25, 0.3) is 5.56 Å². The quantitative estimate of drug-likeness (QED) is 0.513. The lowest BCUT2D eigenvalue weighted by Crippen LogP contribution is -2.15. The van der Waals surface area contributed by atoms with E-state index in [1.54, 1.807) is 25.5 Å². The summed E-state index contributed by atoms with van der Waals surface area (Å²) < 4.78 is 3.43. The van der Waals surface area contributed by atoms with Crippen molar-refractivity contribution >= 4 is 33.9 Å². The highest BCUT2D eigenvalue weighted by atomic mass is 35.5. The molecule has 0 saturated heterocycles. The minimum absolute atomic E-state index is 0.112. The SMILES string of the molecule is [C-]#[N+]c1cc2c(-c3cncc(N)c3Cl)cn(-c3ccn(C)c(=O)c3)c2cc1C. The Morgan fingerprint density at radius 3 is 2.71 bits per heavy atom.